The van der Waals surface area contributed by atoms with Crippen molar-refractivity contribution < 1.29 is 23.9 Å². The lowest BCUT2D eigenvalue weighted by Gasteiger charge is -2.33. The van der Waals surface area contributed by atoms with E-state index in [2.05, 4.69) is 23.9 Å². The average molecular weight is 431 g/mol. The van der Waals surface area contributed by atoms with E-state index in [0.29, 0.717) is 42.4 Å². The Morgan fingerprint density at radius 1 is 1.19 bits per heavy atom. The number of aromatic nitrogens is 1. The number of hydrogen-bond acceptors (Lipinski definition) is 6. The summed E-state index contributed by atoms with van der Waals surface area (Å²) in [5.41, 5.74) is 0.683. The summed E-state index contributed by atoms with van der Waals surface area (Å²) in [7, 11) is 0. The first-order valence-corrected chi connectivity index (χ1v) is 11.6. The zero-order chi connectivity index (χ0) is 21.8. The molecule has 1 saturated heterocycles. The molecule has 2 aromatic rings. The molecule has 170 valence electrons. The summed E-state index contributed by atoms with van der Waals surface area (Å²) in [5.74, 6) is 1.96. The van der Waals surface area contributed by atoms with Crippen molar-refractivity contribution >= 4 is 16.9 Å². The summed E-state index contributed by atoms with van der Waals surface area (Å²) in [6, 6.07) is 5.73. The smallest absolute Gasteiger partial charge is 0.306 e. The molecule has 2 atom stereocenters. The summed E-state index contributed by atoms with van der Waals surface area (Å²) in [5, 5.41) is 14.2. The molecule has 0 radical (unpaired) electrons. The third-order valence-corrected chi connectivity index (χ3v) is 6.57. The van der Waals surface area contributed by atoms with Crippen molar-refractivity contribution in [2.45, 2.75) is 46.0 Å². The van der Waals surface area contributed by atoms with E-state index in [4.69, 9.17) is 14.0 Å². The van der Waals surface area contributed by atoms with Crippen molar-refractivity contribution in [3.63, 3.8) is 0 Å². The third kappa shape index (κ3) is 5.50. The van der Waals surface area contributed by atoms with Crippen molar-refractivity contribution in [1.29, 1.82) is 0 Å². The molecule has 1 aliphatic carbocycles. The number of fused-ring (bicyclic) bond motifs is 1. The first-order valence-electron chi connectivity index (χ1n) is 11.6. The van der Waals surface area contributed by atoms with Gasteiger partial charge in [0.15, 0.2) is 5.58 Å². The number of hydrogen-bond donors (Lipinski definition) is 1. The van der Waals surface area contributed by atoms with Crippen LogP contribution in [0.2, 0.25) is 0 Å². The van der Waals surface area contributed by atoms with Gasteiger partial charge in [-0.1, -0.05) is 19.9 Å². The second-order valence-electron chi connectivity index (χ2n) is 9.59. The Morgan fingerprint density at radius 3 is 2.71 bits per heavy atom. The molecular weight excluding hydrogens is 396 g/mol. The highest BCUT2D eigenvalue weighted by atomic mass is 16.5. The van der Waals surface area contributed by atoms with E-state index in [9.17, 15) is 9.90 Å². The van der Waals surface area contributed by atoms with Gasteiger partial charge in [-0.05, 0) is 80.2 Å². The predicted molar refractivity (Wildman–Crippen MR) is 117 cm³/mol. The molecule has 1 N–H and O–H groups in total. The molecule has 31 heavy (non-hydrogen) atoms. The van der Waals surface area contributed by atoms with Crippen LogP contribution in [-0.2, 0) is 4.79 Å². The second-order valence-corrected chi connectivity index (χ2v) is 9.59. The van der Waals surface area contributed by atoms with Gasteiger partial charge in [-0.25, -0.2) is 0 Å². The number of nitrogens with zero attached hydrogens (tertiary/aromatic N) is 2. The SMILES string of the molecule is CC(C)COc1cccc2onc(OCC3CCN(CC4CCC(C(=O)O)C4)CC3)c12. The first kappa shape index (κ1) is 21.9. The van der Waals surface area contributed by atoms with E-state index in [1.807, 2.05) is 18.2 Å². The van der Waals surface area contributed by atoms with Crippen molar-refractivity contribution in [2.75, 3.05) is 32.8 Å². The van der Waals surface area contributed by atoms with E-state index < -0.39 is 5.97 Å². The molecule has 1 aliphatic heterocycles. The number of likely N-dealkylation sites (tertiary alicyclic amines) is 1. The van der Waals surface area contributed by atoms with Gasteiger partial charge in [0, 0.05) is 6.54 Å². The molecular formula is C24H34N2O5. The quantitative estimate of drug-likeness (QED) is 0.629. The van der Waals surface area contributed by atoms with Crippen LogP contribution in [0.3, 0.4) is 0 Å². The summed E-state index contributed by atoms with van der Waals surface area (Å²) >= 11 is 0. The van der Waals surface area contributed by atoms with Crippen molar-refractivity contribution in [1.82, 2.24) is 10.1 Å². The Bertz CT molecular complexity index is 872. The molecule has 7 nitrogen and oxygen atoms in total. The van der Waals surface area contributed by atoms with E-state index in [0.717, 1.165) is 62.9 Å². The van der Waals surface area contributed by atoms with Crippen LogP contribution in [0, 0.1) is 23.7 Å². The molecule has 1 saturated carbocycles. The summed E-state index contributed by atoms with van der Waals surface area (Å²) in [6.07, 6.45) is 4.88. The Balaban J connectivity index is 1.26. The van der Waals surface area contributed by atoms with Crippen molar-refractivity contribution in [3.05, 3.63) is 18.2 Å². The minimum atomic E-state index is -0.628. The monoisotopic (exact) mass is 430 g/mol. The highest BCUT2D eigenvalue weighted by Gasteiger charge is 2.31. The average Bonchev–Trinajstić information content (AvgIpc) is 3.39. The van der Waals surface area contributed by atoms with Crippen molar-refractivity contribution in [3.8, 4) is 11.6 Å². The molecule has 2 fully saturated rings. The van der Waals surface area contributed by atoms with Gasteiger partial charge in [0.1, 0.15) is 11.1 Å². The van der Waals surface area contributed by atoms with E-state index in [-0.39, 0.29) is 5.92 Å². The van der Waals surface area contributed by atoms with Crippen molar-refractivity contribution in [2.24, 2.45) is 23.7 Å². The second kappa shape index (κ2) is 9.90. The zero-order valence-electron chi connectivity index (χ0n) is 18.6. The number of rotatable bonds is 9. The molecule has 2 aliphatic rings. The maximum Gasteiger partial charge on any atom is 0.306 e. The Hall–Kier alpha value is -2.28. The van der Waals surface area contributed by atoms with Crippen LogP contribution < -0.4 is 9.47 Å². The highest BCUT2D eigenvalue weighted by Crippen LogP contribution is 2.35. The van der Waals surface area contributed by atoms with Crippen LogP contribution in [0.15, 0.2) is 22.7 Å². The van der Waals surface area contributed by atoms with E-state index in [1.54, 1.807) is 0 Å². The normalized spacial score (nSPS) is 22.9. The predicted octanol–water partition coefficient (Wildman–Crippen LogP) is 4.45. The first-order chi connectivity index (χ1) is 15.0. The molecule has 2 unspecified atom stereocenters. The minimum absolute atomic E-state index is 0.136. The minimum Gasteiger partial charge on any atom is -0.492 e. The Morgan fingerprint density at radius 2 is 2.00 bits per heavy atom. The topological polar surface area (TPSA) is 85.0 Å². The lowest BCUT2D eigenvalue weighted by molar-refractivity contribution is -0.141. The van der Waals surface area contributed by atoms with Gasteiger partial charge in [-0.2, -0.15) is 0 Å². The van der Waals surface area contributed by atoms with Crippen LogP contribution >= 0.6 is 0 Å². The van der Waals surface area contributed by atoms with Gasteiger partial charge in [0.25, 0.3) is 5.88 Å². The number of carbonyl (C=O) groups is 1. The third-order valence-electron chi connectivity index (χ3n) is 6.57. The van der Waals surface area contributed by atoms with Gasteiger partial charge in [-0.15, -0.1) is 0 Å². The molecule has 7 heteroatoms. The van der Waals surface area contributed by atoms with Crippen LogP contribution in [0.5, 0.6) is 11.6 Å². The number of carboxylic acid groups (broad SMARTS) is 1. The number of aliphatic carboxylic acids is 1. The Labute approximate surface area is 183 Å². The summed E-state index contributed by atoms with van der Waals surface area (Å²) in [6.45, 7) is 8.62. The lowest BCUT2D eigenvalue weighted by Crippen LogP contribution is -2.38. The van der Waals surface area contributed by atoms with Gasteiger partial charge in [-0.3, -0.25) is 4.79 Å². The van der Waals surface area contributed by atoms with Gasteiger partial charge in [0.05, 0.1) is 19.1 Å². The number of carboxylic acids is 1. The fraction of sp³-hybridized carbons (Fsp3) is 0.667. The van der Waals surface area contributed by atoms with E-state index in [1.165, 1.54) is 0 Å². The molecule has 0 amide bonds. The van der Waals surface area contributed by atoms with Crippen LogP contribution in [-0.4, -0.2) is 54.0 Å². The molecule has 1 aromatic heterocycles. The molecule has 2 heterocycles. The summed E-state index contributed by atoms with van der Waals surface area (Å²) < 4.78 is 17.5. The molecule has 1 aromatic carbocycles. The van der Waals surface area contributed by atoms with Gasteiger partial charge >= 0.3 is 5.97 Å². The van der Waals surface area contributed by atoms with Crippen LogP contribution in [0.1, 0.15) is 46.0 Å². The zero-order valence-corrected chi connectivity index (χ0v) is 18.6. The highest BCUT2D eigenvalue weighted by molar-refractivity contribution is 5.88. The number of piperidine rings is 1. The van der Waals surface area contributed by atoms with Crippen LogP contribution in [0.4, 0.5) is 0 Å². The standard InChI is InChI=1S/C24H34N2O5/c1-16(2)14-29-20-4-3-5-21-22(20)23(25-31-21)30-15-17-8-10-26(11-9-17)13-18-6-7-19(12-18)24(27)28/h3-5,16-19H,6-15H2,1-2H3,(H,27,28). The largest absolute Gasteiger partial charge is 0.492 e. The van der Waals surface area contributed by atoms with Gasteiger partial charge in [0.2, 0.25) is 0 Å². The van der Waals surface area contributed by atoms with Gasteiger partial charge < -0.3 is 24.0 Å². The number of ether oxygens (including phenoxy) is 2. The van der Waals surface area contributed by atoms with Crippen LogP contribution in [0.25, 0.3) is 11.0 Å². The Kier molecular flexibility index (Phi) is 7.00. The lowest BCUT2D eigenvalue weighted by atomic mass is 9.96. The molecule has 4 rings (SSSR count). The van der Waals surface area contributed by atoms with E-state index >= 15 is 0 Å². The maximum absolute atomic E-state index is 11.2. The molecule has 0 bridgehead atoms. The summed E-state index contributed by atoms with van der Waals surface area (Å²) in [4.78, 5) is 13.7. The fourth-order valence-corrected chi connectivity index (χ4v) is 4.77. The number of benzene rings is 1. The molecule has 0 spiro atoms. The fourth-order valence-electron chi connectivity index (χ4n) is 4.77. The maximum atomic E-state index is 11.2.